The van der Waals surface area contributed by atoms with Crippen LogP contribution in [0.5, 0.6) is 0 Å². The summed E-state index contributed by atoms with van der Waals surface area (Å²) in [4.78, 5) is 35.8. The minimum atomic E-state index is -0.351. The summed E-state index contributed by atoms with van der Waals surface area (Å²) in [5.41, 5.74) is 3.03. The van der Waals surface area contributed by atoms with Crippen molar-refractivity contribution in [1.82, 2.24) is 19.1 Å². The van der Waals surface area contributed by atoms with Gasteiger partial charge in [-0.1, -0.05) is 56.3 Å². The van der Waals surface area contributed by atoms with Crippen LogP contribution in [0.3, 0.4) is 0 Å². The average Bonchev–Trinajstić information content (AvgIpc) is 3.24. The first-order chi connectivity index (χ1) is 15.4. The molecule has 0 amide bonds. The maximum atomic E-state index is 13.1. The average molecular weight is 443 g/mol. The normalized spacial score (nSPS) is 11.6. The molecular weight excluding hydrogens is 420 g/mol. The molecule has 0 aliphatic rings. The third-order valence-corrected chi connectivity index (χ3v) is 6.50. The summed E-state index contributed by atoms with van der Waals surface area (Å²) < 4.78 is 3.84. The molecule has 0 radical (unpaired) electrons. The first-order valence-electron chi connectivity index (χ1n) is 10.5. The van der Waals surface area contributed by atoms with E-state index >= 15 is 0 Å². The summed E-state index contributed by atoms with van der Waals surface area (Å²) in [6.07, 6.45) is 0. The molecule has 3 heterocycles. The second kappa shape index (κ2) is 7.84. The molecule has 5 rings (SSSR count). The van der Waals surface area contributed by atoms with Crippen molar-refractivity contribution in [2.24, 2.45) is 13.0 Å². The minimum absolute atomic E-state index is 0.222. The van der Waals surface area contributed by atoms with Gasteiger partial charge in [0, 0.05) is 24.7 Å². The largest absolute Gasteiger partial charge is 0.332 e. The van der Waals surface area contributed by atoms with Gasteiger partial charge in [-0.2, -0.15) is 0 Å². The van der Waals surface area contributed by atoms with Gasteiger partial charge in [0.25, 0.3) is 5.56 Å². The van der Waals surface area contributed by atoms with E-state index in [9.17, 15) is 9.59 Å². The molecule has 0 bridgehead atoms. The lowest BCUT2D eigenvalue weighted by atomic mass is 10.0. The smallest absolute Gasteiger partial charge is 0.277 e. The Balaban J connectivity index is 1.91. The quantitative estimate of drug-likeness (QED) is 0.405. The molecule has 2 aromatic carbocycles. The molecular formula is C25H22N4O2S. The van der Waals surface area contributed by atoms with Crippen LogP contribution >= 0.6 is 11.3 Å². The Morgan fingerprint density at radius 3 is 2.41 bits per heavy atom. The van der Waals surface area contributed by atoms with Crippen LogP contribution in [0.4, 0.5) is 0 Å². The van der Waals surface area contributed by atoms with Gasteiger partial charge >= 0.3 is 5.69 Å². The Morgan fingerprint density at radius 2 is 1.69 bits per heavy atom. The van der Waals surface area contributed by atoms with E-state index in [1.165, 1.54) is 7.05 Å². The Bertz CT molecular complexity index is 1550. The topological polar surface area (TPSA) is 69.8 Å². The third kappa shape index (κ3) is 3.35. The molecule has 0 N–H and O–H groups in total. The molecule has 7 heteroatoms. The predicted molar refractivity (Wildman–Crippen MR) is 130 cm³/mol. The molecule has 6 nitrogen and oxygen atoms in total. The Morgan fingerprint density at radius 1 is 0.969 bits per heavy atom. The van der Waals surface area contributed by atoms with E-state index in [1.807, 2.05) is 74.5 Å². The van der Waals surface area contributed by atoms with Gasteiger partial charge in [0.15, 0.2) is 0 Å². The van der Waals surface area contributed by atoms with Crippen molar-refractivity contribution in [2.75, 3.05) is 0 Å². The fraction of sp³-hybridized carbons (Fsp3) is 0.200. The summed E-state index contributed by atoms with van der Waals surface area (Å²) >= 11 is 1.57. The number of para-hydroxylation sites is 1. The van der Waals surface area contributed by atoms with Crippen LogP contribution in [0.1, 0.15) is 13.8 Å². The number of pyridine rings is 1. The first-order valence-corrected chi connectivity index (χ1v) is 11.3. The maximum Gasteiger partial charge on any atom is 0.332 e. The van der Waals surface area contributed by atoms with Crippen molar-refractivity contribution in [3.63, 3.8) is 0 Å². The van der Waals surface area contributed by atoms with Crippen LogP contribution in [0.25, 0.3) is 43.1 Å². The zero-order valence-electron chi connectivity index (χ0n) is 18.1. The molecule has 32 heavy (non-hydrogen) atoms. The van der Waals surface area contributed by atoms with Crippen molar-refractivity contribution in [3.8, 4) is 21.8 Å². The summed E-state index contributed by atoms with van der Waals surface area (Å²) in [6, 6.07) is 19.6. The fourth-order valence-electron chi connectivity index (χ4n) is 3.90. The van der Waals surface area contributed by atoms with Gasteiger partial charge in [-0.3, -0.25) is 13.9 Å². The van der Waals surface area contributed by atoms with E-state index in [4.69, 9.17) is 9.97 Å². The molecule has 0 spiro atoms. The van der Waals surface area contributed by atoms with E-state index in [1.54, 1.807) is 15.9 Å². The zero-order valence-corrected chi connectivity index (χ0v) is 18.9. The maximum absolute atomic E-state index is 13.1. The van der Waals surface area contributed by atoms with E-state index < -0.39 is 0 Å². The lowest BCUT2D eigenvalue weighted by Gasteiger charge is -2.16. The van der Waals surface area contributed by atoms with E-state index in [0.717, 1.165) is 30.9 Å². The molecule has 0 saturated heterocycles. The highest BCUT2D eigenvalue weighted by atomic mass is 32.1. The Labute approximate surface area is 188 Å². The summed E-state index contributed by atoms with van der Waals surface area (Å²) in [7, 11) is 1.52. The number of fused-ring (bicyclic) bond motifs is 2. The fourth-order valence-corrected chi connectivity index (χ4v) is 4.88. The minimum Gasteiger partial charge on any atom is -0.277 e. The molecule has 0 aliphatic heterocycles. The molecule has 3 aromatic heterocycles. The van der Waals surface area contributed by atoms with Crippen molar-refractivity contribution in [3.05, 3.63) is 81.5 Å². The second-order valence-electron chi connectivity index (χ2n) is 8.26. The molecule has 0 aliphatic carbocycles. The molecule has 5 aromatic rings. The van der Waals surface area contributed by atoms with Gasteiger partial charge in [-0.15, -0.1) is 11.3 Å². The van der Waals surface area contributed by atoms with Crippen LogP contribution in [0.2, 0.25) is 0 Å². The van der Waals surface area contributed by atoms with Gasteiger partial charge in [-0.05, 0) is 24.1 Å². The van der Waals surface area contributed by atoms with Gasteiger partial charge < -0.3 is 0 Å². The number of rotatable bonds is 4. The number of nitrogens with zero attached hydrogens (tertiary/aromatic N) is 4. The molecule has 0 unspecified atom stereocenters. The lowest BCUT2D eigenvalue weighted by Crippen LogP contribution is -2.39. The van der Waals surface area contributed by atoms with Crippen molar-refractivity contribution in [1.29, 1.82) is 0 Å². The van der Waals surface area contributed by atoms with Crippen LogP contribution in [0, 0.1) is 5.92 Å². The second-order valence-corrected chi connectivity index (χ2v) is 9.29. The molecule has 0 atom stereocenters. The van der Waals surface area contributed by atoms with Crippen LogP contribution in [0.15, 0.2) is 70.3 Å². The van der Waals surface area contributed by atoms with E-state index in [-0.39, 0.29) is 17.2 Å². The van der Waals surface area contributed by atoms with Crippen LogP contribution < -0.4 is 11.2 Å². The standard InChI is InChI=1S/C25H22N4O2S/c1-15(2)14-29-22-18(24(30)28(3)25(29)31)13-17(21(27-22)16-9-5-4-6-10-16)23-26-19-11-7-8-12-20(19)32-23/h4-13,15H,14H2,1-3H3. The van der Waals surface area contributed by atoms with Crippen LogP contribution in [-0.4, -0.2) is 19.1 Å². The van der Waals surface area contributed by atoms with Gasteiger partial charge in [0.2, 0.25) is 0 Å². The van der Waals surface area contributed by atoms with Crippen molar-refractivity contribution < 1.29 is 0 Å². The number of hydrogen-bond acceptors (Lipinski definition) is 5. The highest BCUT2D eigenvalue weighted by molar-refractivity contribution is 7.21. The van der Waals surface area contributed by atoms with E-state index in [0.29, 0.717) is 23.3 Å². The SMILES string of the molecule is CC(C)Cn1c(=O)n(C)c(=O)c2cc(-c3nc4ccccc4s3)c(-c3ccccc3)nc21. The number of hydrogen-bond donors (Lipinski definition) is 0. The Kier molecular flexibility index (Phi) is 4.98. The summed E-state index contributed by atoms with van der Waals surface area (Å²) in [5.74, 6) is 0.222. The highest BCUT2D eigenvalue weighted by Gasteiger charge is 2.20. The number of thiazole rings is 1. The van der Waals surface area contributed by atoms with Crippen molar-refractivity contribution in [2.45, 2.75) is 20.4 Å². The van der Waals surface area contributed by atoms with Gasteiger partial charge in [0.1, 0.15) is 10.7 Å². The highest BCUT2D eigenvalue weighted by Crippen LogP contribution is 2.36. The van der Waals surface area contributed by atoms with Crippen molar-refractivity contribution >= 4 is 32.6 Å². The number of benzene rings is 2. The zero-order chi connectivity index (χ0) is 22.4. The van der Waals surface area contributed by atoms with Gasteiger partial charge in [0.05, 0.1) is 21.3 Å². The first kappa shape index (κ1) is 20.3. The number of aromatic nitrogens is 4. The third-order valence-electron chi connectivity index (χ3n) is 5.43. The monoisotopic (exact) mass is 442 g/mol. The van der Waals surface area contributed by atoms with E-state index in [2.05, 4.69) is 0 Å². The predicted octanol–water partition coefficient (Wildman–Crippen LogP) is 4.69. The molecule has 0 fully saturated rings. The summed E-state index contributed by atoms with van der Waals surface area (Å²) in [6.45, 7) is 4.55. The van der Waals surface area contributed by atoms with Gasteiger partial charge in [-0.25, -0.2) is 14.8 Å². The Hall–Kier alpha value is -3.58. The lowest BCUT2D eigenvalue weighted by molar-refractivity contribution is 0.500. The molecule has 0 saturated carbocycles. The summed E-state index contributed by atoms with van der Waals surface area (Å²) in [5, 5.41) is 1.21. The van der Waals surface area contributed by atoms with Crippen LogP contribution in [-0.2, 0) is 13.6 Å². The molecule has 160 valence electrons.